The molecule has 2 aromatic carbocycles. The van der Waals surface area contributed by atoms with Gasteiger partial charge in [-0.15, -0.1) is 11.3 Å². The van der Waals surface area contributed by atoms with Crippen molar-refractivity contribution >= 4 is 22.9 Å². The summed E-state index contributed by atoms with van der Waals surface area (Å²) in [7, 11) is 1.66. The van der Waals surface area contributed by atoms with Crippen LogP contribution in [0.1, 0.15) is 16.1 Å². The number of aromatic nitrogens is 1. The standard InChI is InChI=1S/C21H20N2O2S/c1-14-19(26-21(22-14)16-7-9-17(25-2)10-8-16)13-20(24)23-12-11-15-5-3-4-6-18(15)23/h3-10H,11-13H2,1-2H3. The van der Waals surface area contributed by atoms with Crippen LogP contribution in [0, 0.1) is 6.92 Å². The third-order valence-electron chi connectivity index (χ3n) is 4.73. The van der Waals surface area contributed by atoms with Gasteiger partial charge >= 0.3 is 0 Å². The third-order valence-corrected chi connectivity index (χ3v) is 5.94. The quantitative estimate of drug-likeness (QED) is 0.695. The second kappa shape index (κ2) is 6.92. The zero-order valence-electron chi connectivity index (χ0n) is 14.9. The zero-order chi connectivity index (χ0) is 18.1. The Labute approximate surface area is 157 Å². The molecule has 1 amide bonds. The fourth-order valence-corrected chi connectivity index (χ4v) is 4.34. The first-order chi connectivity index (χ1) is 12.7. The minimum absolute atomic E-state index is 0.142. The van der Waals surface area contributed by atoms with E-state index in [9.17, 15) is 4.79 Å². The molecule has 0 aliphatic carbocycles. The molecule has 0 saturated carbocycles. The molecule has 1 aromatic heterocycles. The van der Waals surface area contributed by atoms with Crippen LogP contribution in [0.2, 0.25) is 0 Å². The molecule has 0 atom stereocenters. The summed E-state index contributed by atoms with van der Waals surface area (Å²) in [5.74, 6) is 0.966. The van der Waals surface area contributed by atoms with Crippen molar-refractivity contribution in [2.45, 2.75) is 19.8 Å². The summed E-state index contributed by atoms with van der Waals surface area (Å²) < 4.78 is 5.21. The van der Waals surface area contributed by atoms with Gasteiger partial charge in [0.2, 0.25) is 5.91 Å². The maximum Gasteiger partial charge on any atom is 0.232 e. The van der Waals surface area contributed by atoms with Crippen LogP contribution in [0.5, 0.6) is 5.75 Å². The van der Waals surface area contributed by atoms with Crippen molar-refractivity contribution in [3.8, 4) is 16.3 Å². The van der Waals surface area contributed by atoms with Gasteiger partial charge in [0.1, 0.15) is 10.8 Å². The first-order valence-electron chi connectivity index (χ1n) is 8.64. The molecule has 0 N–H and O–H groups in total. The van der Waals surface area contributed by atoms with Gasteiger partial charge in [0.25, 0.3) is 0 Å². The van der Waals surface area contributed by atoms with E-state index in [0.29, 0.717) is 6.42 Å². The van der Waals surface area contributed by atoms with Gasteiger partial charge in [-0.2, -0.15) is 0 Å². The molecule has 0 bridgehead atoms. The van der Waals surface area contributed by atoms with Crippen LogP contribution in [0.15, 0.2) is 48.5 Å². The molecule has 3 aromatic rings. The second-order valence-electron chi connectivity index (χ2n) is 6.36. The molecule has 4 nitrogen and oxygen atoms in total. The molecule has 0 saturated heterocycles. The lowest BCUT2D eigenvalue weighted by atomic mass is 10.2. The molecule has 0 fully saturated rings. The van der Waals surface area contributed by atoms with Crippen molar-refractivity contribution in [1.82, 2.24) is 4.98 Å². The van der Waals surface area contributed by atoms with Gasteiger partial charge in [0.15, 0.2) is 0 Å². The number of hydrogen-bond acceptors (Lipinski definition) is 4. The molecule has 0 unspecified atom stereocenters. The number of ether oxygens (including phenoxy) is 1. The van der Waals surface area contributed by atoms with E-state index in [2.05, 4.69) is 11.1 Å². The Morgan fingerprint density at radius 1 is 1.19 bits per heavy atom. The Morgan fingerprint density at radius 2 is 1.96 bits per heavy atom. The first-order valence-corrected chi connectivity index (χ1v) is 9.46. The first kappa shape index (κ1) is 16.8. The van der Waals surface area contributed by atoms with E-state index in [1.54, 1.807) is 18.4 Å². The van der Waals surface area contributed by atoms with Crippen molar-refractivity contribution in [2.75, 3.05) is 18.6 Å². The molecule has 132 valence electrons. The second-order valence-corrected chi connectivity index (χ2v) is 7.44. The van der Waals surface area contributed by atoms with Crippen LogP contribution in [0.4, 0.5) is 5.69 Å². The van der Waals surface area contributed by atoms with Crippen molar-refractivity contribution in [3.63, 3.8) is 0 Å². The summed E-state index contributed by atoms with van der Waals surface area (Å²) >= 11 is 1.60. The Morgan fingerprint density at radius 3 is 2.73 bits per heavy atom. The molecule has 1 aliphatic heterocycles. The van der Waals surface area contributed by atoms with Gasteiger partial charge in [0.05, 0.1) is 19.2 Å². The summed E-state index contributed by atoms with van der Waals surface area (Å²) in [6.45, 7) is 2.74. The number of para-hydroxylation sites is 1. The predicted molar refractivity (Wildman–Crippen MR) is 105 cm³/mol. The van der Waals surface area contributed by atoms with Gasteiger partial charge in [-0.1, -0.05) is 18.2 Å². The van der Waals surface area contributed by atoms with E-state index >= 15 is 0 Å². The number of fused-ring (bicyclic) bond motifs is 1. The highest BCUT2D eigenvalue weighted by Crippen LogP contribution is 2.32. The molecule has 5 heteroatoms. The molecule has 0 spiro atoms. The van der Waals surface area contributed by atoms with E-state index < -0.39 is 0 Å². The molecular weight excluding hydrogens is 344 g/mol. The average Bonchev–Trinajstić information content (AvgIpc) is 3.26. The van der Waals surface area contributed by atoms with Crippen LogP contribution >= 0.6 is 11.3 Å². The smallest absolute Gasteiger partial charge is 0.232 e. The number of aryl methyl sites for hydroxylation is 1. The van der Waals surface area contributed by atoms with Crippen LogP contribution in [0.25, 0.3) is 10.6 Å². The van der Waals surface area contributed by atoms with Crippen LogP contribution in [0.3, 0.4) is 0 Å². The summed E-state index contributed by atoms with van der Waals surface area (Å²) in [5.41, 5.74) is 4.28. The number of benzene rings is 2. The van der Waals surface area contributed by atoms with Crippen molar-refractivity contribution < 1.29 is 9.53 Å². The van der Waals surface area contributed by atoms with Crippen molar-refractivity contribution in [3.05, 3.63) is 64.7 Å². The maximum absolute atomic E-state index is 12.8. The van der Waals surface area contributed by atoms with Crippen molar-refractivity contribution in [2.24, 2.45) is 0 Å². The predicted octanol–water partition coefficient (Wildman–Crippen LogP) is 4.26. The summed E-state index contributed by atoms with van der Waals surface area (Å²) in [6, 6.07) is 16.0. The molecule has 26 heavy (non-hydrogen) atoms. The van der Waals surface area contributed by atoms with Gasteiger partial charge in [0, 0.05) is 22.7 Å². The van der Waals surface area contributed by atoms with E-state index in [1.165, 1.54) is 5.56 Å². The fraction of sp³-hybridized carbons (Fsp3) is 0.238. The molecule has 2 heterocycles. The number of carbonyl (C=O) groups excluding carboxylic acids is 1. The van der Waals surface area contributed by atoms with Gasteiger partial charge in [-0.3, -0.25) is 4.79 Å². The average molecular weight is 364 g/mol. The molecule has 4 rings (SSSR count). The van der Waals surface area contributed by atoms with E-state index in [1.807, 2.05) is 54.3 Å². The number of amides is 1. The summed E-state index contributed by atoms with van der Waals surface area (Å²) in [5, 5.41) is 0.940. The number of nitrogens with zero attached hydrogens (tertiary/aromatic N) is 2. The maximum atomic E-state index is 12.8. The zero-order valence-corrected chi connectivity index (χ0v) is 15.7. The lowest BCUT2D eigenvalue weighted by molar-refractivity contribution is -0.117. The molecular formula is C21H20N2O2S. The van der Waals surface area contributed by atoms with Gasteiger partial charge in [-0.05, 0) is 49.2 Å². The summed E-state index contributed by atoms with van der Waals surface area (Å²) in [6.07, 6.45) is 1.33. The van der Waals surface area contributed by atoms with Crippen molar-refractivity contribution in [1.29, 1.82) is 0 Å². The van der Waals surface area contributed by atoms with E-state index in [-0.39, 0.29) is 5.91 Å². The highest BCUT2D eigenvalue weighted by atomic mass is 32.1. The monoisotopic (exact) mass is 364 g/mol. The fourth-order valence-electron chi connectivity index (χ4n) is 3.28. The third kappa shape index (κ3) is 3.10. The normalized spacial score (nSPS) is 12.9. The van der Waals surface area contributed by atoms with Crippen LogP contribution < -0.4 is 9.64 Å². The lowest BCUT2D eigenvalue weighted by Crippen LogP contribution is -2.30. The largest absolute Gasteiger partial charge is 0.497 e. The number of hydrogen-bond donors (Lipinski definition) is 0. The van der Waals surface area contributed by atoms with Crippen LogP contribution in [-0.4, -0.2) is 24.5 Å². The Bertz CT molecular complexity index is 947. The number of anilines is 1. The Hall–Kier alpha value is -2.66. The number of carbonyl (C=O) groups is 1. The lowest BCUT2D eigenvalue weighted by Gasteiger charge is -2.16. The van der Waals surface area contributed by atoms with Gasteiger partial charge in [-0.25, -0.2) is 4.98 Å². The van der Waals surface area contributed by atoms with Crippen LogP contribution in [-0.2, 0) is 17.6 Å². The number of rotatable bonds is 4. The highest BCUT2D eigenvalue weighted by molar-refractivity contribution is 7.15. The molecule has 1 aliphatic rings. The number of thiazole rings is 1. The minimum Gasteiger partial charge on any atom is -0.497 e. The Kier molecular flexibility index (Phi) is 4.47. The van der Waals surface area contributed by atoms with E-state index in [0.717, 1.165) is 45.5 Å². The number of methoxy groups -OCH3 is 1. The molecule has 0 radical (unpaired) electrons. The van der Waals surface area contributed by atoms with E-state index in [4.69, 9.17) is 4.74 Å². The minimum atomic E-state index is 0.142. The highest BCUT2D eigenvalue weighted by Gasteiger charge is 2.25. The summed E-state index contributed by atoms with van der Waals surface area (Å²) in [4.78, 5) is 20.5. The SMILES string of the molecule is COc1ccc(-c2nc(C)c(CC(=O)N3CCc4ccccc43)s2)cc1. The Balaban J connectivity index is 1.54. The van der Waals surface area contributed by atoms with Gasteiger partial charge < -0.3 is 9.64 Å². The topological polar surface area (TPSA) is 42.4 Å².